The number of rotatable bonds is 4. The molecule has 0 bridgehead atoms. The summed E-state index contributed by atoms with van der Waals surface area (Å²) in [6.45, 7) is 3.28. The number of hydrogen-bond donors (Lipinski definition) is 2. The molecule has 0 aliphatic heterocycles. The molecule has 1 aromatic heterocycles. The molecule has 2 N–H and O–H groups in total. The first-order valence-electron chi connectivity index (χ1n) is 8.28. The molecule has 1 atom stereocenters. The minimum absolute atomic E-state index is 0.0643. The van der Waals surface area contributed by atoms with Gasteiger partial charge in [-0.25, -0.2) is 13.8 Å². The van der Waals surface area contributed by atoms with Crippen LogP contribution in [0.2, 0.25) is 0 Å². The molecule has 4 nitrogen and oxygen atoms in total. The van der Waals surface area contributed by atoms with E-state index in [2.05, 4.69) is 15.3 Å². The van der Waals surface area contributed by atoms with Gasteiger partial charge in [-0.2, -0.15) is 0 Å². The van der Waals surface area contributed by atoms with Crippen LogP contribution in [0.4, 0.5) is 14.7 Å². The lowest BCUT2D eigenvalue weighted by atomic mass is 9.94. The van der Waals surface area contributed by atoms with Gasteiger partial charge in [0.25, 0.3) is 5.56 Å². The zero-order chi connectivity index (χ0) is 17.3. The third-order valence-corrected chi connectivity index (χ3v) is 4.73. The lowest BCUT2D eigenvalue weighted by Gasteiger charge is -2.18. The Kier molecular flexibility index (Phi) is 4.64. The highest BCUT2D eigenvalue weighted by Crippen LogP contribution is 2.29. The number of nitrogens with zero attached hydrogens (tertiary/aromatic N) is 1. The van der Waals surface area contributed by atoms with Gasteiger partial charge >= 0.3 is 0 Å². The van der Waals surface area contributed by atoms with E-state index >= 15 is 0 Å². The third-order valence-electron chi connectivity index (χ3n) is 4.73. The van der Waals surface area contributed by atoms with Gasteiger partial charge in [-0.1, -0.05) is 25.8 Å². The first-order chi connectivity index (χ1) is 11.5. The molecule has 1 aliphatic rings. The Morgan fingerprint density at radius 3 is 2.50 bits per heavy atom. The van der Waals surface area contributed by atoms with Crippen LogP contribution in [-0.2, 0) is 0 Å². The summed E-state index contributed by atoms with van der Waals surface area (Å²) < 4.78 is 28.2. The van der Waals surface area contributed by atoms with Gasteiger partial charge in [0.1, 0.15) is 11.6 Å². The van der Waals surface area contributed by atoms with E-state index in [0.29, 0.717) is 17.2 Å². The van der Waals surface area contributed by atoms with Gasteiger partial charge in [-0.15, -0.1) is 0 Å². The summed E-state index contributed by atoms with van der Waals surface area (Å²) in [6, 6.07) is 4.04. The average Bonchev–Trinajstić information content (AvgIpc) is 3.03. The first kappa shape index (κ1) is 16.6. The Morgan fingerprint density at radius 1 is 1.25 bits per heavy atom. The molecule has 0 amide bonds. The SMILES string of the molecule is Cc1c(C(C)c2c(F)cccc2F)nc(NC2CCCC2)[nH]c1=O. The summed E-state index contributed by atoms with van der Waals surface area (Å²) in [6.07, 6.45) is 4.36. The van der Waals surface area contributed by atoms with Crippen LogP contribution in [0.25, 0.3) is 0 Å². The van der Waals surface area contributed by atoms with Gasteiger partial charge in [-0.3, -0.25) is 9.78 Å². The van der Waals surface area contributed by atoms with Gasteiger partial charge < -0.3 is 5.32 Å². The van der Waals surface area contributed by atoms with E-state index in [0.717, 1.165) is 25.7 Å². The number of nitrogens with one attached hydrogen (secondary N) is 2. The predicted molar refractivity (Wildman–Crippen MR) is 89.3 cm³/mol. The standard InChI is InChI=1S/C18H21F2N3O/c1-10(15-13(19)8-5-9-14(15)20)16-11(2)17(24)23-18(22-16)21-12-6-3-4-7-12/h5,8-10,12H,3-4,6-7H2,1-2H3,(H2,21,22,23,24). The maximum atomic E-state index is 14.1. The van der Waals surface area contributed by atoms with E-state index in [1.54, 1.807) is 13.8 Å². The number of aromatic nitrogens is 2. The summed E-state index contributed by atoms with van der Waals surface area (Å²) in [4.78, 5) is 19.4. The Labute approximate surface area is 139 Å². The third kappa shape index (κ3) is 3.18. The van der Waals surface area contributed by atoms with Crippen molar-refractivity contribution in [3.8, 4) is 0 Å². The molecule has 1 unspecified atom stereocenters. The average molecular weight is 333 g/mol. The smallest absolute Gasteiger partial charge is 0.255 e. The lowest BCUT2D eigenvalue weighted by Crippen LogP contribution is -2.24. The number of hydrogen-bond acceptors (Lipinski definition) is 3. The second-order valence-electron chi connectivity index (χ2n) is 6.41. The first-order valence-corrected chi connectivity index (χ1v) is 8.28. The van der Waals surface area contributed by atoms with Crippen molar-refractivity contribution in [3.05, 3.63) is 57.0 Å². The Hall–Kier alpha value is -2.24. The van der Waals surface area contributed by atoms with Gasteiger partial charge in [-0.05, 0) is 31.9 Å². The molecule has 24 heavy (non-hydrogen) atoms. The molecule has 0 radical (unpaired) electrons. The molecule has 1 saturated carbocycles. The molecule has 3 rings (SSSR count). The molecule has 1 heterocycles. The molecule has 0 spiro atoms. The van der Waals surface area contributed by atoms with Crippen molar-refractivity contribution < 1.29 is 8.78 Å². The molecular weight excluding hydrogens is 312 g/mol. The zero-order valence-corrected chi connectivity index (χ0v) is 13.8. The number of halogens is 2. The van der Waals surface area contributed by atoms with E-state index in [1.165, 1.54) is 18.2 Å². The van der Waals surface area contributed by atoms with Crippen LogP contribution in [0, 0.1) is 18.6 Å². The minimum Gasteiger partial charge on any atom is -0.353 e. The quantitative estimate of drug-likeness (QED) is 0.893. The monoisotopic (exact) mass is 333 g/mol. The highest BCUT2D eigenvalue weighted by molar-refractivity contribution is 5.37. The highest BCUT2D eigenvalue weighted by Gasteiger charge is 2.23. The van der Waals surface area contributed by atoms with Crippen LogP contribution in [-0.4, -0.2) is 16.0 Å². The molecule has 2 aromatic rings. The fourth-order valence-electron chi connectivity index (χ4n) is 3.36. The zero-order valence-electron chi connectivity index (χ0n) is 13.8. The van der Waals surface area contributed by atoms with Gasteiger partial charge in [0.15, 0.2) is 0 Å². The van der Waals surface area contributed by atoms with Crippen LogP contribution in [0.5, 0.6) is 0 Å². The van der Waals surface area contributed by atoms with E-state index in [1.807, 2.05) is 0 Å². The summed E-state index contributed by atoms with van der Waals surface area (Å²) in [7, 11) is 0. The van der Waals surface area contributed by atoms with Crippen molar-refractivity contribution >= 4 is 5.95 Å². The minimum atomic E-state index is -0.655. The topological polar surface area (TPSA) is 57.8 Å². The number of anilines is 1. The number of aromatic amines is 1. The van der Waals surface area contributed by atoms with Crippen LogP contribution in [0.15, 0.2) is 23.0 Å². The lowest BCUT2D eigenvalue weighted by molar-refractivity contribution is 0.544. The van der Waals surface area contributed by atoms with Crippen molar-refractivity contribution in [1.29, 1.82) is 0 Å². The largest absolute Gasteiger partial charge is 0.353 e. The second kappa shape index (κ2) is 6.71. The van der Waals surface area contributed by atoms with Crippen LogP contribution in [0.1, 0.15) is 55.3 Å². The Morgan fingerprint density at radius 2 is 1.88 bits per heavy atom. The van der Waals surface area contributed by atoms with Crippen LogP contribution >= 0.6 is 0 Å². The van der Waals surface area contributed by atoms with Crippen molar-refractivity contribution in [2.75, 3.05) is 5.32 Å². The van der Waals surface area contributed by atoms with Crippen molar-refractivity contribution in [2.45, 2.75) is 51.5 Å². The van der Waals surface area contributed by atoms with Gasteiger partial charge in [0.2, 0.25) is 5.95 Å². The molecule has 1 aromatic carbocycles. The van der Waals surface area contributed by atoms with Crippen molar-refractivity contribution in [3.63, 3.8) is 0 Å². The fraction of sp³-hybridized carbons (Fsp3) is 0.444. The van der Waals surface area contributed by atoms with E-state index in [4.69, 9.17) is 0 Å². The predicted octanol–water partition coefficient (Wildman–Crippen LogP) is 3.86. The van der Waals surface area contributed by atoms with Gasteiger partial charge in [0.05, 0.1) is 5.69 Å². The maximum absolute atomic E-state index is 14.1. The summed E-state index contributed by atoms with van der Waals surface area (Å²) in [5.74, 6) is -1.54. The van der Waals surface area contributed by atoms with Crippen LogP contribution < -0.4 is 10.9 Å². The highest BCUT2D eigenvalue weighted by atomic mass is 19.1. The van der Waals surface area contributed by atoms with Gasteiger partial charge in [0, 0.05) is 23.1 Å². The second-order valence-corrected chi connectivity index (χ2v) is 6.41. The number of benzene rings is 1. The fourth-order valence-corrected chi connectivity index (χ4v) is 3.36. The molecule has 128 valence electrons. The maximum Gasteiger partial charge on any atom is 0.255 e. The summed E-state index contributed by atoms with van der Waals surface area (Å²) in [5, 5.41) is 3.23. The molecule has 1 aliphatic carbocycles. The molecule has 0 saturated heterocycles. The Balaban J connectivity index is 1.99. The van der Waals surface area contributed by atoms with Crippen molar-refractivity contribution in [2.24, 2.45) is 0 Å². The van der Waals surface area contributed by atoms with Crippen LogP contribution in [0.3, 0.4) is 0 Å². The van der Waals surface area contributed by atoms with Crippen molar-refractivity contribution in [1.82, 2.24) is 9.97 Å². The van der Waals surface area contributed by atoms with E-state index in [-0.39, 0.29) is 17.2 Å². The molecule has 1 fully saturated rings. The summed E-state index contributed by atoms with van der Waals surface area (Å²) in [5.41, 5.74) is 0.417. The molecular formula is C18H21F2N3O. The normalized spacial score (nSPS) is 16.3. The number of H-pyrrole nitrogens is 1. The molecule has 6 heteroatoms. The Bertz CT molecular complexity index is 777. The summed E-state index contributed by atoms with van der Waals surface area (Å²) >= 11 is 0. The van der Waals surface area contributed by atoms with E-state index in [9.17, 15) is 13.6 Å². The van der Waals surface area contributed by atoms with E-state index < -0.39 is 17.6 Å².